The number of rotatable bonds is 7. The van der Waals surface area contributed by atoms with Crippen LogP contribution in [0.25, 0.3) is 0 Å². The van der Waals surface area contributed by atoms with Gasteiger partial charge in [0.25, 0.3) is 0 Å². The van der Waals surface area contributed by atoms with Crippen LogP contribution in [0.4, 0.5) is 0 Å². The Morgan fingerprint density at radius 2 is 1.59 bits per heavy atom. The fourth-order valence-electron chi connectivity index (χ4n) is 6.96. The average Bonchev–Trinajstić information content (AvgIpc) is 3.82. The predicted octanol–water partition coefficient (Wildman–Crippen LogP) is 3.33. The van der Waals surface area contributed by atoms with Gasteiger partial charge < -0.3 is 30.5 Å². The van der Waals surface area contributed by atoms with Crippen LogP contribution >= 0.6 is 0 Å². The summed E-state index contributed by atoms with van der Waals surface area (Å²) < 4.78 is 6.22. The lowest BCUT2D eigenvalue weighted by Crippen LogP contribution is -2.58. The molecule has 10 nitrogen and oxygen atoms in total. The van der Waals surface area contributed by atoms with Crippen molar-refractivity contribution in [2.45, 2.75) is 95.3 Å². The maximum absolute atomic E-state index is 14.1. The first-order valence-corrected chi connectivity index (χ1v) is 17.1. The molecular weight excluding hydrogens is 582 g/mol. The fraction of sp³-hybridized carbons (Fsp3) is 0.556. The van der Waals surface area contributed by atoms with Gasteiger partial charge in [-0.1, -0.05) is 30.7 Å². The quantitative estimate of drug-likeness (QED) is 0.433. The highest BCUT2D eigenvalue weighted by Crippen LogP contribution is 2.32. The minimum atomic E-state index is -0.861. The van der Waals surface area contributed by atoms with E-state index in [1.807, 2.05) is 55.5 Å². The Morgan fingerprint density at radius 1 is 0.891 bits per heavy atom. The third-order valence-corrected chi connectivity index (χ3v) is 9.84. The number of piperidine rings is 1. The van der Waals surface area contributed by atoms with Crippen LogP contribution in [0.5, 0.6) is 11.5 Å². The van der Waals surface area contributed by atoms with E-state index in [9.17, 15) is 19.2 Å². The Morgan fingerprint density at radius 3 is 2.24 bits per heavy atom. The van der Waals surface area contributed by atoms with Crippen molar-refractivity contribution in [1.29, 1.82) is 0 Å². The Hall–Kier alpha value is -3.92. The zero-order valence-electron chi connectivity index (χ0n) is 26.8. The van der Waals surface area contributed by atoms with Crippen molar-refractivity contribution in [1.82, 2.24) is 25.8 Å². The number of fused-ring (bicyclic) bond motifs is 4. The third kappa shape index (κ3) is 8.26. The van der Waals surface area contributed by atoms with Crippen molar-refractivity contribution in [2.24, 2.45) is 5.92 Å². The maximum Gasteiger partial charge on any atom is 0.243 e. The van der Waals surface area contributed by atoms with E-state index in [0.29, 0.717) is 56.2 Å². The molecule has 46 heavy (non-hydrogen) atoms. The molecule has 10 heteroatoms. The van der Waals surface area contributed by atoms with E-state index < -0.39 is 24.0 Å². The lowest BCUT2D eigenvalue weighted by atomic mass is 10.0. The fourth-order valence-corrected chi connectivity index (χ4v) is 6.96. The number of carbonyl (C=O) groups is 4. The molecule has 4 bridgehead atoms. The first kappa shape index (κ1) is 32.0. The molecule has 2 aromatic carbocycles. The topological polar surface area (TPSA) is 120 Å². The van der Waals surface area contributed by atoms with E-state index in [2.05, 4.69) is 20.9 Å². The van der Waals surface area contributed by atoms with Gasteiger partial charge in [0.05, 0.1) is 0 Å². The summed E-state index contributed by atoms with van der Waals surface area (Å²) in [5, 5.41) is 9.20. The van der Waals surface area contributed by atoms with Crippen LogP contribution in [0.1, 0.15) is 69.4 Å². The molecule has 6 rings (SSSR count). The molecule has 1 aliphatic carbocycles. The van der Waals surface area contributed by atoms with Gasteiger partial charge in [0.2, 0.25) is 23.6 Å². The molecular formula is C36H47N5O5. The Kier molecular flexibility index (Phi) is 10.2. The number of amides is 4. The van der Waals surface area contributed by atoms with Gasteiger partial charge in [-0.25, -0.2) is 0 Å². The number of carbonyl (C=O) groups excluding carboxylic acids is 4. The van der Waals surface area contributed by atoms with Gasteiger partial charge in [-0.05, 0) is 99.8 Å². The van der Waals surface area contributed by atoms with Gasteiger partial charge >= 0.3 is 0 Å². The summed E-state index contributed by atoms with van der Waals surface area (Å²) in [7, 11) is 0. The third-order valence-electron chi connectivity index (χ3n) is 9.84. The lowest BCUT2D eigenvalue weighted by molar-refractivity contribution is -0.139. The van der Waals surface area contributed by atoms with Crippen molar-refractivity contribution in [3.05, 3.63) is 59.7 Å². The molecule has 3 N–H and O–H groups in total. The monoisotopic (exact) mass is 629 g/mol. The van der Waals surface area contributed by atoms with E-state index in [-0.39, 0.29) is 30.2 Å². The maximum atomic E-state index is 14.1. The van der Waals surface area contributed by atoms with Gasteiger partial charge in [0.15, 0.2) is 0 Å². The highest BCUT2D eigenvalue weighted by Gasteiger charge is 2.37. The number of hydrogen-bond acceptors (Lipinski definition) is 6. The van der Waals surface area contributed by atoms with E-state index in [1.165, 1.54) is 6.42 Å². The van der Waals surface area contributed by atoms with Crippen LogP contribution in [0, 0.1) is 5.92 Å². The van der Waals surface area contributed by atoms with E-state index in [1.54, 1.807) is 4.90 Å². The van der Waals surface area contributed by atoms with Crippen LogP contribution in [-0.4, -0.2) is 83.8 Å². The summed E-state index contributed by atoms with van der Waals surface area (Å²) in [5.74, 6) is 0.638. The van der Waals surface area contributed by atoms with Gasteiger partial charge in [-0.15, -0.1) is 0 Å². The Labute approximate surface area is 271 Å². The molecule has 0 unspecified atom stereocenters. The van der Waals surface area contributed by atoms with Crippen molar-refractivity contribution in [3.8, 4) is 11.5 Å². The second-order valence-electron chi connectivity index (χ2n) is 13.5. The van der Waals surface area contributed by atoms with E-state index >= 15 is 0 Å². The summed E-state index contributed by atoms with van der Waals surface area (Å²) in [4.78, 5) is 58.8. The van der Waals surface area contributed by atoms with Gasteiger partial charge in [-0.2, -0.15) is 0 Å². The van der Waals surface area contributed by atoms with Crippen LogP contribution in [0.3, 0.4) is 0 Å². The number of ether oxygens (including phenoxy) is 1. The van der Waals surface area contributed by atoms with Crippen molar-refractivity contribution < 1.29 is 23.9 Å². The highest BCUT2D eigenvalue weighted by molar-refractivity contribution is 5.94. The number of likely N-dealkylation sites (tertiary alicyclic amines) is 2. The van der Waals surface area contributed by atoms with E-state index in [4.69, 9.17) is 4.74 Å². The first-order valence-electron chi connectivity index (χ1n) is 17.1. The van der Waals surface area contributed by atoms with Crippen molar-refractivity contribution in [2.75, 3.05) is 26.2 Å². The molecule has 4 atom stereocenters. The second-order valence-corrected chi connectivity index (χ2v) is 13.5. The molecule has 4 amide bonds. The standard InChI is InChI=1S/C36H47N5O5/c1-24(27-13-14-27)37-35(44)31-22-25-8-5-10-28(20-25)46-29-11-6-9-26(21-29)23-32(41-18-7-12-33(41)42)36(45)38-30(34(43)39-31)15-19-40-16-3-2-4-17-40/h5-6,8-11,20-21,24,27,30-32H,2-4,7,12-19,22-23H2,1H3,(H,37,44)(H,38,45)(H,39,43)/t24-,30+,31+,32+/m1/s1. The molecule has 4 aliphatic rings. The molecule has 3 fully saturated rings. The molecule has 1 saturated carbocycles. The summed E-state index contributed by atoms with van der Waals surface area (Å²) in [5.41, 5.74) is 1.71. The van der Waals surface area contributed by atoms with Gasteiger partial charge in [0.1, 0.15) is 29.6 Å². The number of benzene rings is 2. The molecule has 2 aromatic rings. The lowest BCUT2D eigenvalue weighted by Gasteiger charge is -2.31. The number of nitrogens with zero attached hydrogens (tertiary/aromatic N) is 2. The van der Waals surface area contributed by atoms with Crippen LogP contribution in [-0.2, 0) is 32.0 Å². The molecule has 0 spiro atoms. The number of nitrogens with one attached hydrogen (secondary N) is 3. The van der Waals surface area contributed by atoms with Crippen molar-refractivity contribution in [3.63, 3.8) is 0 Å². The molecule has 2 saturated heterocycles. The SMILES string of the molecule is C[C@@H](NC(=O)[C@@H]1Cc2cccc(c2)Oc2cccc(c2)C[C@H](N2CCCC2=O)C(=O)N[C@@H](CCN2CCCCC2)C(=O)N1)C1CC1. The molecule has 246 valence electrons. The molecule has 3 heterocycles. The Balaban J connectivity index is 1.33. The van der Waals surface area contributed by atoms with Crippen LogP contribution in [0.2, 0.25) is 0 Å². The van der Waals surface area contributed by atoms with E-state index in [0.717, 1.165) is 49.9 Å². The number of hydrogen-bond donors (Lipinski definition) is 3. The molecule has 0 radical (unpaired) electrons. The first-order chi connectivity index (χ1) is 22.3. The minimum Gasteiger partial charge on any atom is -0.457 e. The molecule has 0 aromatic heterocycles. The van der Waals surface area contributed by atoms with Gasteiger partial charge in [0, 0.05) is 38.4 Å². The highest BCUT2D eigenvalue weighted by atomic mass is 16.5. The normalized spacial score (nSPS) is 25.3. The van der Waals surface area contributed by atoms with Crippen LogP contribution < -0.4 is 20.7 Å². The Bertz CT molecular complexity index is 1420. The summed E-state index contributed by atoms with van der Waals surface area (Å²) in [6.45, 7) is 5.09. The summed E-state index contributed by atoms with van der Waals surface area (Å²) in [6, 6.07) is 12.7. The van der Waals surface area contributed by atoms with Crippen molar-refractivity contribution >= 4 is 23.6 Å². The minimum absolute atomic E-state index is 0.0139. The van der Waals surface area contributed by atoms with Gasteiger partial charge in [-0.3, -0.25) is 19.2 Å². The zero-order valence-corrected chi connectivity index (χ0v) is 26.8. The summed E-state index contributed by atoms with van der Waals surface area (Å²) >= 11 is 0. The molecule has 3 aliphatic heterocycles. The smallest absolute Gasteiger partial charge is 0.243 e. The summed E-state index contributed by atoms with van der Waals surface area (Å²) in [6.07, 6.45) is 7.67. The van der Waals surface area contributed by atoms with Crippen LogP contribution in [0.15, 0.2) is 48.5 Å². The second kappa shape index (κ2) is 14.7. The zero-order chi connectivity index (χ0) is 32.0. The average molecular weight is 630 g/mol. The predicted molar refractivity (Wildman–Crippen MR) is 174 cm³/mol. The largest absolute Gasteiger partial charge is 0.457 e.